The highest BCUT2D eigenvalue weighted by atomic mass is 35.5. The molecule has 3 aliphatic heterocycles. The number of halogens is 3. The van der Waals surface area contributed by atoms with Crippen molar-refractivity contribution in [2.45, 2.75) is 76.6 Å². The second-order valence-electron chi connectivity index (χ2n) is 14.6. The molecule has 2 N–H and O–H groups in total. The van der Waals surface area contributed by atoms with E-state index in [0.717, 1.165) is 42.4 Å². The number of fused-ring (bicyclic) bond motifs is 4. The molecule has 9 nitrogen and oxygen atoms in total. The van der Waals surface area contributed by atoms with Gasteiger partial charge in [-0.3, -0.25) is 9.88 Å². The van der Waals surface area contributed by atoms with Gasteiger partial charge in [0.05, 0.1) is 51.7 Å². The fourth-order valence-electron chi connectivity index (χ4n) is 8.56. The molecule has 0 spiro atoms. The molecule has 268 valence electrons. The number of nitrogens with zero attached hydrogens (tertiary/aromatic N) is 5. The van der Waals surface area contributed by atoms with E-state index in [1.807, 2.05) is 24.0 Å². The molecule has 5 aromatic rings. The Morgan fingerprint density at radius 2 is 2.04 bits per heavy atom. The van der Waals surface area contributed by atoms with Gasteiger partial charge in [0, 0.05) is 64.9 Å². The number of amides is 1. The van der Waals surface area contributed by atoms with Crippen molar-refractivity contribution in [2.24, 2.45) is 5.92 Å². The van der Waals surface area contributed by atoms with Gasteiger partial charge in [-0.15, -0.1) is 0 Å². The number of likely N-dealkylation sites (tertiary alicyclic amines) is 1. The highest BCUT2D eigenvalue weighted by molar-refractivity contribution is 6.43. The van der Waals surface area contributed by atoms with Crippen molar-refractivity contribution in [1.29, 1.82) is 5.26 Å². The first kappa shape index (κ1) is 34.8. The number of carbonyl (C=O) groups excluding carboxylic acids is 1. The Kier molecular flexibility index (Phi) is 8.90. The summed E-state index contributed by atoms with van der Waals surface area (Å²) in [4.78, 5) is 24.8. The monoisotopic (exact) mass is 740 g/mol. The third kappa shape index (κ3) is 5.61. The molecule has 1 amide bonds. The van der Waals surface area contributed by atoms with E-state index >= 15 is 4.39 Å². The van der Waals surface area contributed by atoms with Crippen LogP contribution in [0.1, 0.15) is 75.5 Å². The van der Waals surface area contributed by atoms with Gasteiger partial charge in [0.15, 0.2) is 5.82 Å². The summed E-state index contributed by atoms with van der Waals surface area (Å²) in [6.45, 7) is 6.88. The molecule has 52 heavy (non-hydrogen) atoms. The molecule has 9 rings (SSSR count). The summed E-state index contributed by atoms with van der Waals surface area (Å²) in [6, 6.07) is 15.1. The maximum absolute atomic E-state index is 17.6. The number of hydrogen-bond acceptors (Lipinski definition) is 7. The van der Waals surface area contributed by atoms with Crippen LogP contribution in [0.15, 0.2) is 48.7 Å². The molecule has 4 fully saturated rings. The third-order valence-electron chi connectivity index (χ3n) is 11.0. The van der Waals surface area contributed by atoms with Gasteiger partial charge in [-0.25, -0.2) is 14.2 Å². The van der Waals surface area contributed by atoms with Gasteiger partial charge in [-0.1, -0.05) is 35.3 Å². The minimum Gasteiger partial charge on any atom is -0.450 e. The number of aryl methyl sites for hydroxylation is 1. The van der Waals surface area contributed by atoms with Crippen LogP contribution in [-0.2, 0) is 16.8 Å². The summed E-state index contributed by atoms with van der Waals surface area (Å²) >= 11 is 13.2. The van der Waals surface area contributed by atoms with Crippen LogP contribution in [0.5, 0.6) is 0 Å². The Labute approximate surface area is 311 Å². The van der Waals surface area contributed by atoms with Crippen molar-refractivity contribution < 1.29 is 19.0 Å². The van der Waals surface area contributed by atoms with Crippen molar-refractivity contribution in [3.63, 3.8) is 0 Å². The van der Waals surface area contributed by atoms with E-state index < -0.39 is 11.4 Å². The lowest BCUT2D eigenvalue weighted by molar-refractivity contribution is 0.0738. The highest BCUT2D eigenvalue weighted by Crippen LogP contribution is 2.51. The Morgan fingerprint density at radius 1 is 1.21 bits per heavy atom. The van der Waals surface area contributed by atoms with Crippen LogP contribution < -0.4 is 5.32 Å². The predicted molar refractivity (Wildman–Crippen MR) is 200 cm³/mol. The summed E-state index contributed by atoms with van der Waals surface area (Å²) in [5.74, 6) is -0.194. The molecular formula is C40H39Cl2FN6O3. The van der Waals surface area contributed by atoms with Gasteiger partial charge < -0.3 is 19.7 Å². The number of aromatic nitrogens is 3. The molecule has 4 aliphatic rings. The van der Waals surface area contributed by atoms with Crippen LogP contribution in [0, 0.1) is 23.1 Å². The molecule has 2 bridgehead atoms. The first-order chi connectivity index (χ1) is 25.0. The Hall–Kier alpha value is -4.27. The van der Waals surface area contributed by atoms with Crippen molar-refractivity contribution in [2.75, 3.05) is 19.7 Å². The number of ether oxygens (including phenoxy) is 1. The van der Waals surface area contributed by atoms with Crippen LogP contribution in [-0.4, -0.2) is 56.4 Å². The SMILES string of the molecule is CCOC(=O)N1CCC[C@@H]1c1cc2c(-c3ccc(C(C)(C)O)nc3)nc3c(F)c(-c4cccc(Cl)c4Cl)c(CCC#N)cc3c2n1[C@H]1[C@H]2CN[C@@H]1C2. The first-order valence-electron chi connectivity index (χ1n) is 17.9. The molecule has 3 aromatic heterocycles. The van der Waals surface area contributed by atoms with E-state index in [0.29, 0.717) is 50.9 Å². The minimum atomic E-state index is -1.16. The fraction of sp³-hybridized carbons (Fsp3) is 0.400. The maximum atomic E-state index is 17.6. The number of benzene rings is 2. The Balaban J connectivity index is 1.48. The quantitative estimate of drug-likeness (QED) is 0.163. The zero-order valence-corrected chi connectivity index (χ0v) is 30.7. The van der Waals surface area contributed by atoms with Gasteiger partial charge in [0.2, 0.25) is 0 Å². The molecule has 0 unspecified atom stereocenters. The van der Waals surface area contributed by atoms with Crippen LogP contribution in [0.4, 0.5) is 9.18 Å². The van der Waals surface area contributed by atoms with Crippen LogP contribution >= 0.6 is 23.2 Å². The lowest BCUT2D eigenvalue weighted by Crippen LogP contribution is -2.41. The van der Waals surface area contributed by atoms with Crippen LogP contribution in [0.2, 0.25) is 10.0 Å². The largest absolute Gasteiger partial charge is 0.450 e. The number of nitrogens with one attached hydrogen (secondary N) is 1. The Bertz CT molecular complexity index is 2260. The van der Waals surface area contributed by atoms with Crippen molar-refractivity contribution in [3.8, 4) is 28.5 Å². The summed E-state index contributed by atoms with van der Waals surface area (Å²) in [5, 5.41) is 25.9. The minimum absolute atomic E-state index is 0.0824. The second-order valence-corrected chi connectivity index (χ2v) is 15.4. The molecule has 1 saturated carbocycles. The van der Waals surface area contributed by atoms with Gasteiger partial charge in [0.25, 0.3) is 0 Å². The van der Waals surface area contributed by atoms with E-state index in [4.69, 9.17) is 32.9 Å². The van der Waals surface area contributed by atoms with E-state index in [2.05, 4.69) is 27.0 Å². The average molecular weight is 742 g/mol. The summed E-state index contributed by atoms with van der Waals surface area (Å²) in [6.07, 6.45) is 4.39. The molecule has 1 aliphatic carbocycles. The number of rotatable bonds is 8. The van der Waals surface area contributed by atoms with E-state index in [1.54, 1.807) is 44.3 Å². The topological polar surface area (TPSA) is 116 Å². The standard InChI is InChI=1S/C40H39Cl2FN6O3/c1-4-52-39(50)48-15-7-11-29(48)30-18-26-35(22-12-13-31(46-19-22)40(2,3)51)47-36-25(38(26)49(30)37-23-17-28(37)45-20-23)16-21(8-6-14-44)32(34(36)43)24-9-5-10-27(41)33(24)42/h5,9-10,12-13,16,18-19,23,28-29,37,45,51H,4,6-8,11,15,17,20H2,1-3H3/t23-,28-,29-,37+/m1/s1. The molecule has 0 radical (unpaired) electrons. The number of hydrogen-bond donors (Lipinski definition) is 2. The zero-order valence-electron chi connectivity index (χ0n) is 29.2. The van der Waals surface area contributed by atoms with Crippen LogP contribution in [0.3, 0.4) is 0 Å². The number of carbonyl (C=O) groups is 1. The normalized spacial score (nSPS) is 21.2. The Morgan fingerprint density at radius 3 is 2.71 bits per heavy atom. The van der Waals surface area contributed by atoms with Crippen molar-refractivity contribution in [3.05, 3.63) is 81.5 Å². The number of pyridine rings is 2. The van der Waals surface area contributed by atoms with Gasteiger partial charge in [-0.2, -0.15) is 5.26 Å². The van der Waals surface area contributed by atoms with Gasteiger partial charge in [0.1, 0.15) is 11.1 Å². The maximum Gasteiger partial charge on any atom is 0.410 e. The summed E-state index contributed by atoms with van der Waals surface area (Å²) in [5.41, 5.74) is 3.76. The molecule has 3 saturated heterocycles. The van der Waals surface area contributed by atoms with Gasteiger partial charge in [-0.05, 0) is 88.3 Å². The second kappa shape index (κ2) is 13.3. The van der Waals surface area contributed by atoms with Crippen molar-refractivity contribution >= 4 is 51.1 Å². The van der Waals surface area contributed by atoms with Gasteiger partial charge >= 0.3 is 6.09 Å². The number of aliphatic hydroxyl groups is 1. The molecule has 6 heterocycles. The molecule has 4 atom stereocenters. The summed E-state index contributed by atoms with van der Waals surface area (Å²) < 4.78 is 25.4. The third-order valence-corrected chi connectivity index (χ3v) is 11.8. The highest BCUT2D eigenvalue weighted by Gasteiger charge is 2.50. The van der Waals surface area contributed by atoms with Crippen molar-refractivity contribution in [1.82, 2.24) is 24.8 Å². The molecule has 12 heteroatoms. The van der Waals surface area contributed by atoms with E-state index in [1.165, 1.54) is 0 Å². The predicted octanol–water partition coefficient (Wildman–Crippen LogP) is 8.87. The average Bonchev–Trinajstić information content (AvgIpc) is 3.93. The lowest BCUT2D eigenvalue weighted by atomic mass is 9.79. The fourth-order valence-corrected chi connectivity index (χ4v) is 8.96. The lowest BCUT2D eigenvalue weighted by Gasteiger charge is -2.39. The van der Waals surface area contributed by atoms with E-state index in [9.17, 15) is 15.2 Å². The summed E-state index contributed by atoms with van der Waals surface area (Å²) in [7, 11) is 0. The molecule has 2 aromatic carbocycles. The first-order valence-corrected chi connectivity index (χ1v) is 18.6. The molecular weight excluding hydrogens is 702 g/mol. The zero-order chi connectivity index (χ0) is 36.5. The number of nitriles is 1. The van der Waals surface area contributed by atoms with E-state index in [-0.39, 0.29) is 59.8 Å². The van der Waals surface area contributed by atoms with Crippen LogP contribution in [0.25, 0.3) is 44.2 Å². The smallest absolute Gasteiger partial charge is 0.410 e.